The molecule has 2 aromatic rings. The fourth-order valence-corrected chi connectivity index (χ4v) is 3.57. The molecule has 0 radical (unpaired) electrons. The van der Waals surface area contributed by atoms with E-state index >= 15 is 0 Å². The van der Waals surface area contributed by atoms with Crippen molar-refractivity contribution in [3.63, 3.8) is 0 Å². The second-order valence-corrected chi connectivity index (χ2v) is 8.39. The van der Waals surface area contributed by atoms with E-state index in [1.807, 2.05) is 0 Å². The Bertz CT molecular complexity index is 538. The number of anilines is 1. The normalized spacial score (nSPS) is 12.1. The van der Waals surface area contributed by atoms with Crippen LogP contribution in [0.3, 0.4) is 0 Å². The van der Waals surface area contributed by atoms with Gasteiger partial charge in [0.05, 0.1) is 12.2 Å². The lowest BCUT2D eigenvalue weighted by molar-refractivity contribution is 0.422. The zero-order valence-corrected chi connectivity index (χ0v) is 15.1. The van der Waals surface area contributed by atoms with Crippen LogP contribution in [0, 0.1) is 0 Å². The third-order valence-corrected chi connectivity index (χ3v) is 4.90. The van der Waals surface area contributed by atoms with Crippen molar-refractivity contribution in [1.29, 1.82) is 0 Å². The summed E-state index contributed by atoms with van der Waals surface area (Å²) < 4.78 is 0. The first-order valence-electron chi connectivity index (χ1n) is 7.33. The van der Waals surface area contributed by atoms with Crippen LogP contribution < -0.4 is 10.2 Å². The van der Waals surface area contributed by atoms with E-state index in [4.69, 9.17) is 4.98 Å². The van der Waals surface area contributed by atoms with E-state index in [1.54, 1.807) is 22.7 Å². The SMILES string of the molecule is CC(C)N(Cc1cccs1)c1nc(CNC(C)(C)C)cs1. The van der Waals surface area contributed by atoms with E-state index in [2.05, 4.69) is 67.7 Å². The molecule has 0 aliphatic rings. The number of hydrogen-bond acceptors (Lipinski definition) is 5. The van der Waals surface area contributed by atoms with Crippen LogP contribution in [0.25, 0.3) is 0 Å². The molecule has 0 saturated carbocycles. The lowest BCUT2D eigenvalue weighted by atomic mass is 10.1. The Labute approximate surface area is 136 Å². The Morgan fingerprint density at radius 1 is 1.29 bits per heavy atom. The smallest absolute Gasteiger partial charge is 0.186 e. The largest absolute Gasteiger partial charge is 0.341 e. The number of hydrogen-bond donors (Lipinski definition) is 1. The molecular weight excluding hydrogens is 298 g/mol. The van der Waals surface area contributed by atoms with Crippen molar-refractivity contribution in [3.8, 4) is 0 Å². The van der Waals surface area contributed by atoms with E-state index in [0.29, 0.717) is 6.04 Å². The molecule has 2 heterocycles. The van der Waals surface area contributed by atoms with Gasteiger partial charge in [-0.15, -0.1) is 22.7 Å². The molecule has 1 N–H and O–H groups in total. The van der Waals surface area contributed by atoms with Gasteiger partial charge in [0, 0.05) is 28.4 Å². The van der Waals surface area contributed by atoms with E-state index in [9.17, 15) is 0 Å². The van der Waals surface area contributed by atoms with Crippen molar-refractivity contribution in [1.82, 2.24) is 10.3 Å². The number of rotatable bonds is 6. The standard InChI is InChI=1S/C16H25N3S2/c1-12(2)19(10-14-7-6-8-20-14)15-18-13(11-21-15)9-17-16(3,4)5/h6-8,11-12,17H,9-10H2,1-5H3. The van der Waals surface area contributed by atoms with Gasteiger partial charge in [0.2, 0.25) is 0 Å². The summed E-state index contributed by atoms with van der Waals surface area (Å²) in [5.74, 6) is 0. The summed E-state index contributed by atoms with van der Waals surface area (Å²) in [5.41, 5.74) is 1.25. The van der Waals surface area contributed by atoms with Crippen molar-refractivity contribution in [2.75, 3.05) is 4.90 Å². The zero-order valence-electron chi connectivity index (χ0n) is 13.5. The van der Waals surface area contributed by atoms with Gasteiger partial charge in [-0.05, 0) is 46.1 Å². The summed E-state index contributed by atoms with van der Waals surface area (Å²) in [6, 6.07) is 4.75. The fourth-order valence-electron chi connectivity index (χ4n) is 1.91. The molecule has 0 aromatic carbocycles. The van der Waals surface area contributed by atoms with Crippen LogP contribution in [-0.2, 0) is 13.1 Å². The third-order valence-electron chi connectivity index (χ3n) is 3.11. The topological polar surface area (TPSA) is 28.2 Å². The molecule has 21 heavy (non-hydrogen) atoms. The molecule has 3 nitrogen and oxygen atoms in total. The van der Waals surface area contributed by atoms with E-state index in [1.165, 1.54) is 4.88 Å². The minimum atomic E-state index is 0.123. The highest BCUT2D eigenvalue weighted by atomic mass is 32.1. The lowest BCUT2D eigenvalue weighted by Crippen LogP contribution is -2.35. The van der Waals surface area contributed by atoms with Crippen LogP contribution in [0.15, 0.2) is 22.9 Å². The number of thiazole rings is 1. The Morgan fingerprint density at radius 3 is 2.62 bits per heavy atom. The van der Waals surface area contributed by atoms with Crippen molar-refractivity contribution in [2.45, 2.75) is 59.3 Å². The van der Waals surface area contributed by atoms with Crippen molar-refractivity contribution < 1.29 is 0 Å². The van der Waals surface area contributed by atoms with Gasteiger partial charge < -0.3 is 10.2 Å². The highest BCUT2D eigenvalue weighted by Gasteiger charge is 2.16. The van der Waals surface area contributed by atoms with Gasteiger partial charge in [-0.2, -0.15) is 0 Å². The molecule has 0 aliphatic carbocycles. The number of nitrogens with zero attached hydrogens (tertiary/aromatic N) is 2. The van der Waals surface area contributed by atoms with Crippen LogP contribution in [-0.4, -0.2) is 16.6 Å². The fraction of sp³-hybridized carbons (Fsp3) is 0.562. The first kappa shape index (κ1) is 16.5. The number of aromatic nitrogens is 1. The van der Waals surface area contributed by atoms with Gasteiger partial charge >= 0.3 is 0 Å². The molecule has 0 amide bonds. The summed E-state index contributed by atoms with van der Waals surface area (Å²) in [5, 5.41) is 8.91. The Kier molecular flexibility index (Phi) is 5.41. The predicted molar refractivity (Wildman–Crippen MR) is 94.3 cm³/mol. The highest BCUT2D eigenvalue weighted by Crippen LogP contribution is 2.26. The maximum Gasteiger partial charge on any atom is 0.186 e. The molecular formula is C16H25N3S2. The van der Waals surface area contributed by atoms with Crippen LogP contribution in [0.5, 0.6) is 0 Å². The molecule has 0 saturated heterocycles. The Balaban J connectivity index is 2.05. The molecule has 0 fully saturated rings. The summed E-state index contributed by atoms with van der Waals surface area (Å²) in [6.07, 6.45) is 0. The third kappa shape index (κ3) is 5.09. The quantitative estimate of drug-likeness (QED) is 0.848. The molecule has 0 unspecified atom stereocenters. The summed E-state index contributed by atoms with van der Waals surface area (Å²) in [4.78, 5) is 8.56. The molecule has 0 atom stereocenters. The predicted octanol–water partition coefficient (Wildman–Crippen LogP) is 4.51. The van der Waals surface area contributed by atoms with Gasteiger partial charge in [-0.25, -0.2) is 4.98 Å². The van der Waals surface area contributed by atoms with Crippen molar-refractivity contribution in [3.05, 3.63) is 33.5 Å². The van der Waals surface area contributed by atoms with Gasteiger partial charge in [0.15, 0.2) is 5.13 Å². The second-order valence-electron chi connectivity index (χ2n) is 6.53. The van der Waals surface area contributed by atoms with Crippen LogP contribution in [0.1, 0.15) is 45.2 Å². The van der Waals surface area contributed by atoms with Gasteiger partial charge in [-0.3, -0.25) is 0 Å². The van der Waals surface area contributed by atoms with E-state index in [0.717, 1.165) is 23.9 Å². The van der Waals surface area contributed by atoms with E-state index in [-0.39, 0.29) is 5.54 Å². The molecule has 116 valence electrons. The minimum Gasteiger partial charge on any atom is -0.341 e. The molecule has 0 spiro atoms. The molecule has 5 heteroatoms. The second kappa shape index (κ2) is 6.90. The van der Waals surface area contributed by atoms with Crippen LogP contribution in [0.2, 0.25) is 0 Å². The van der Waals surface area contributed by atoms with Gasteiger partial charge in [-0.1, -0.05) is 6.07 Å². The van der Waals surface area contributed by atoms with Crippen molar-refractivity contribution in [2.24, 2.45) is 0 Å². The van der Waals surface area contributed by atoms with Crippen LogP contribution in [0.4, 0.5) is 5.13 Å². The average Bonchev–Trinajstić information content (AvgIpc) is 3.04. The summed E-state index contributed by atoms with van der Waals surface area (Å²) in [7, 11) is 0. The minimum absolute atomic E-state index is 0.123. The first-order valence-corrected chi connectivity index (χ1v) is 9.09. The monoisotopic (exact) mass is 323 g/mol. The summed E-state index contributed by atoms with van der Waals surface area (Å²) >= 11 is 3.54. The Hall–Kier alpha value is -0.910. The molecule has 2 aromatic heterocycles. The van der Waals surface area contributed by atoms with E-state index < -0.39 is 0 Å². The molecule has 2 rings (SSSR count). The number of thiophene rings is 1. The summed E-state index contributed by atoms with van der Waals surface area (Å²) in [6.45, 7) is 12.7. The first-order chi connectivity index (χ1) is 9.85. The zero-order chi connectivity index (χ0) is 15.5. The Morgan fingerprint density at radius 2 is 2.05 bits per heavy atom. The average molecular weight is 324 g/mol. The van der Waals surface area contributed by atoms with Gasteiger partial charge in [0.1, 0.15) is 0 Å². The number of nitrogens with one attached hydrogen (secondary N) is 1. The molecule has 0 aliphatic heterocycles. The van der Waals surface area contributed by atoms with Crippen molar-refractivity contribution >= 4 is 27.8 Å². The maximum absolute atomic E-state index is 4.80. The van der Waals surface area contributed by atoms with Crippen LogP contribution >= 0.6 is 22.7 Å². The van der Waals surface area contributed by atoms with Gasteiger partial charge in [0.25, 0.3) is 0 Å². The lowest BCUT2D eigenvalue weighted by Gasteiger charge is -2.25. The molecule has 0 bridgehead atoms. The maximum atomic E-state index is 4.80. The highest BCUT2D eigenvalue weighted by molar-refractivity contribution is 7.13.